The monoisotopic (exact) mass is 359 g/mol. The van der Waals surface area contributed by atoms with Crippen molar-refractivity contribution in [3.05, 3.63) is 95.3 Å². The van der Waals surface area contributed by atoms with E-state index < -0.39 is 0 Å². The van der Waals surface area contributed by atoms with Crippen molar-refractivity contribution in [1.82, 2.24) is 14.8 Å². The van der Waals surface area contributed by atoms with Gasteiger partial charge in [-0.15, -0.1) is 0 Å². The van der Waals surface area contributed by atoms with Crippen molar-refractivity contribution in [2.75, 3.05) is 0 Å². The van der Waals surface area contributed by atoms with Gasteiger partial charge in [-0.25, -0.2) is 0 Å². The maximum atomic E-state index is 5.90. The van der Waals surface area contributed by atoms with Gasteiger partial charge in [0.25, 0.3) is 0 Å². The number of benzene rings is 3. The fourth-order valence-corrected chi connectivity index (χ4v) is 2.89. The molecule has 0 spiro atoms. The van der Waals surface area contributed by atoms with Crippen molar-refractivity contribution in [2.45, 2.75) is 6.54 Å². The smallest absolute Gasteiger partial charge is 0.216 e. The van der Waals surface area contributed by atoms with E-state index in [-0.39, 0.29) is 0 Å². The highest BCUT2D eigenvalue weighted by Gasteiger charge is 2.07. The van der Waals surface area contributed by atoms with Crippen LogP contribution in [0.1, 0.15) is 5.56 Å². The van der Waals surface area contributed by atoms with Crippen LogP contribution in [0.2, 0.25) is 0 Å². The van der Waals surface area contributed by atoms with E-state index in [9.17, 15) is 0 Å². The quantitative estimate of drug-likeness (QED) is 0.482. The molecular formula is C21H17N3OS. The maximum absolute atomic E-state index is 5.90. The Morgan fingerprint density at radius 2 is 1.54 bits per heavy atom. The van der Waals surface area contributed by atoms with Gasteiger partial charge in [0.2, 0.25) is 4.77 Å². The van der Waals surface area contributed by atoms with Crippen molar-refractivity contribution in [1.29, 1.82) is 0 Å². The molecule has 0 unspecified atom stereocenters. The van der Waals surface area contributed by atoms with Crippen molar-refractivity contribution in [2.24, 2.45) is 0 Å². The second kappa shape index (κ2) is 7.37. The fourth-order valence-electron chi connectivity index (χ4n) is 2.69. The molecule has 4 rings (SSSR count). The molecule has 4 aromatic rings. The van der Waals surface area contributed by atoms with Gasteiger partial charge in [-0.3, -0.25) is 9.78 Å². The van der Waals surface area contributed by atoms with Gasteiger partial charge in [0.05, 0.1) is 6.54 Å². The molecule has 0 bridgehead atoms. The van der Waals surface area contributed by atoms with E-state index in [1.807, 2.05) is 77.5 Å². The minimum atomic E-state index is 0.526. The molecule has 1 aromatic heterocycles. The Bertz CT molecular complexity index is 1060. The van der Waals surface area contributed by atoms with E-state index in [1.165, 1.54) is 5.56 Å². The molecular weight excluding hydrogens is 342 g/mol. The van der Waals surface area contributed by atoms with Gasteiger partial charge in [-0.05, 0) is 42.0 Å². The Morgan fingerprint density at radius 3 is 2.31 bits per heavy atom. The molecule has 0 fully saturated rings. The third-order valence-corrected chi connectivity index (χ3v) is 4.26. The molecule has 0 aliphatic rings. The van der Waals surface area contributed by atoms with Crippen LogP contribution >= 0.6 is 12.2 Å². The van der Waals surface area contributed by atoms with Crippen LogP contribution < -0.4 is 4.74 Å². The number of aromatic nitrogens is 3. The topological polar surface area (TPSA) is 42.8 Å². The van der Waals surface area contributed by atoms with E-state index in [4.69, 9.17) is 17.0 Å². The molecule has 0 aliphatic heterocycles. The lowest BCUT2D eigenvalue weighted by Gasteiger charge is -2.06. The largest absolute Gasteiger partial charge is 0.457 e. The average molecular weight is 359 g/mol. The summed E-state index contributed by atoms with van der Waals surface area (Å²) in [7, 11) is 0. The highest BCUT2D eigenvalue weighted by Crippen LogP contribution is 2.25. The van der Waals surface area contributed by atoms with Crippen LogP contribution in [0.25, 0.3) is 11.4 Å². The van der Waals surface area contributed by atoms with Crippen LogP contribution in [0, 0.1) is 4.77 Å². The van der Waals surface area contributed by atoms with Gasteiger partial charge in [0.1, 0.15) is 11.5 Å². The van der Waals surface area contributed by atoms with Crippen LogP contribution in [0.4, 0.5) is 0 Å². The first-order chi connectivity index (χ1) is 12.8. The summed E-state index contributed by atoms with van der Waals surface area (Å²) in [6.45, 7) is 0.660. The lowest BCUT2D eigenvalue weighted by atomic mass is 10.2. The summed E-state index contributed by atoms with van der Waals surface area (Å²) in [5, 5.41) is 3.28. The number of rotatable bonds is 5. The van der Waals surface area contributed by atoms with Gasteiger partial charge in [0.15, 0.2) is 5.82 Å². The second-order valence-corrected chi connectivity index (χ2v) is 6.23. The van der Waals surface area contributed by atoms with Crippen LogP contribution in [-0.2, 0) is 6.54 Å². The lowest BCUT2D eigenvalue weighted by Crippen LogP contribution is -2.01. The van der Waals surface area contributed by atoms with E-state index in [0.29, 0.717) is 11.3 Å². The molecule has 26 heavy (non-hydrogen) atoms. The van der Waals surface area contributed by atoms with Gasteiger partial charge in [-0.1, -0.05) is 60.7 Å². The summed E-state index contributed by atoms with van der Waals surface area (Å²) in [5.74, 6) is 2.28. The number of hydrogen-bond acceptors (Lipinski definition) is 3. The number of nitrogens with zero attached hydrogens (tertiary/aromatic N) is 2. The predicted molar refractivity (Wildman–Crippen MR) is 105 cm³/mol. The van der Waals surface area contributed by atoms with Gasteiger partial charge >= 0.3 is 0 Å². The third-order valence-electron chi connectivity index (χ3n) is 3.95. The number of para-hydroxylation sites is 1. The number of H-pyrrole nitrogens is 1. The highest BCUT2D eigenvalue weighted by molar-refractivity contribution is 7.71. The molecule has 4 nitrogen and oxygen atoms in total. The second-order valence-electron chi connectivity index (χ2n) is 5.87. The number of ether oxygens (including phenoxy) is 1. The molecule has 0 saturated carbocycles. The molecule has 5 heteroatoms. The van der Waals surface area contributed by atoms with Crippen LogP contribution in [-0.4, -0.2) is 14.8 Å². The zero-order chi connectivity index (χ0) is 17.8. The summed E-state index contributed by atoms with van der Waals surface area (Å²) in [6.07, 6.45) is 0. The fraction of sp³-hybridized carbons (Fsp3) is 0.0476. The van der Waals surface area contributed by atoms with Crippen molar-refractivity contribution in [3.63, 3.8) is 0 Å². The van der Waals surface area contributed by atoms with Crippen LogP contribution in [0.5, 0.6) is 11.5 Å². The normalized spacial score (nSPS) is 10.6. The first-order valence-corrected chi connectivity index (χ1v) is 8.73. The Labute approximate surface area is 156 Å². The molecule has 3 aromatic carbocycles. The summed E-state index contributed by atoms with van der Waals surface area (Å²) >= 11 is 5.40. The first kappa shape index (κ1) is 16.3. The lowest BCUT2D eigenvalue weighted by molar-refractivity contribution is 0.483. The molecule has 1 heterocycles. The Balaban J connectivity index is 1.59. The Hall–Kier alpha value is -3.18. The summed E-state index contributed by atoms with van der Waals surface area (Å²) < 4.78 is 8.29. The SMILES string of the molecule is S=c1nc(-c2cccc(Oc3ccccc3)c2)[nH]n1Cc1ccccc1. The molecule has 1 N–H and O–H groups in total. The summed E-state index contributed by atoms with van der Waals surface area (Å²) in [5.41, 5.74) is 2.09. The highest BCUT2D eigenvalue weighted by atomic mass is 32.1. The zero-order valence-corrected chi connectivity index (χ0v) is 14.8. The van der Waals surface area contributed by atoms with Crippen molar-refractivity contribution < 1.29 is 4.74 Å². The van der Waals surface area contributed by atoms with Gasteiger partial charge in [0, 0.05) is 5.56 Å². The Kier molecular flexibility index (Phi) is 4.62. The maximum Gasteiger partial charge on any atom is 0.216 e. The molecule has 0 amide bonds. The van der Waals surface area contributed by atoms with E-state index in [0.717, 1.165) is 22.9 Å². The van der Waals surface area contributed by atoms with E-state index in [2.05, 4.69) is 22.2 Å². The minimum Gasteiger partial charge on any atom is -0.457 e. The van der Waals surface area contributed by atoms with E-state index in [1.54, 1.807) is 0 Å². The van der Waals surface area contributed by atoms with Crippen LogP contribution in [0.3, 0.4) is 0 Å². The third kappa shape index (κ3) is 3.73. The Morgan fingerprint density at radius 1 is 0.846 bits per heavy atom. The van der Waals surface area contributed by atoms with Crippen LogP contribution in [0.15, 0.2) is 84.9 Å². The molecule has 0 radical (unpaired) electrons. The first-order valence-electron chi connectivity index (χ1n) is 8.32. The zero-order valence-electron chi connectivity index (χ0n) is 14.0. The van der Waals surface area contributed by atoms with Gasteiger partial charge < -0.3 is 4.74 Å². The number of hydrogen-bond donors (Lipinski definition) is 1. The standard InChI is InChI=1S/C21H17N3OS/c26-21-22-20(23-24(21)15-16-8-3-1-4-9-16)17-10-7-13-19(14-17)25-18-11-5-2-6-12-18/h1-14H,15H2,(H,22,23,26). The molecule has 0 saturated heterocycles. The van der Waals surface area contributed by atoms with Gasteiger partial charge in [-0.2, -0.15) is 4.98 Å². The number of nitrogens with one attached hydrogen (secondary N) is 1. The minimum absolute atomic E-state index is 0.526. The van der Waals surface area contributed by atoms with Crippen molar-refractivity contribution >= 4 is 12.2 Å². The van der Waals surface area contributed by atoms with E-state index >= 15 is 0 Å². The predicted octanol–water partition coefficient (Wildman–Crippen LogP) is 5.45. The van der Waals surface area contributed by atoms with Crippen molar-refractivity contribution in [3.8, 4) is 22.9 Å². The number of aromatic amines is 1. The average Bonchev–Trinajstić information content (AvgIpc) is 3.04. The molecule has 0 atom stereocenters. The summed E-state index contributed by atoms with van der Waals surface area (Å²) in [6, 6.07) is 27.7. The molecule has 0 aliphatic carbocycles. The summed E-state index contributed by atoms with van der Waals surface area (Å²) in [4.78, 5) is 4.49. The molecule has 128 valence electrons.